The van der Waals surface area contributed by atoms with Gasteiger partial charge in [-0.25, -0.2) is 4.90 Å². The largest absolute Gasteiger partial charge is 0.494 e. The lowest BCUT2D eigenvalue weighted by Crippen LogP contribution is -2.32. The number of nitrogens with one attached hydrogen (secondary N) is 1. The molecular weight excluding hydrogens is 456 g/mol. The van der Waals surface area contributed by atoms with E-state index in [1.54, 1.807) is 18.2 Å². The number of carbonyl (C=O) groups excluding carboxylic acids is 2. The number of aryl methyl sites for hydroxylation is 2. The second kappa shape index (κ2) is 9.73. The van der Waals surface area contributed by atoms with Gasteiger partial charge in [0.25, 0.3) is 11.8 Å². The highest BCUT2D eigenvalue weighted by Crippen LogP contribution is 2.39. The lowest BCUT2D eigenvalue weighted by Gasteiger charge is -2.18. The van der Waals surface area contributed by atoms with Gasteiger partial charge in [-0.2, -0.15) is 0 Å². The summed E-state index contributed by atoms with van der Waals surface area (Å²) >= 11 is 7.36. The number of anilines is 2. The molecule has 0 saturated carbocycles. The molecule has 1 N–H and O–H groups in total. The molecule has 0 aliphatic carbocycles. The fraction of sp³-hybridized carbons (Fsp3) is 0.154. The van der Waals surface area contributed by atoms with Crippen LogP contribution in [0.2, 0.25) is 5.02 Å². The van der Waals surface area contributed by atoms with Gasteiger partial charge in [0.2, 0.25) is 0 Å². The van der Waals surface area contributed by atoms with E-state index in [4.69, 9.17) is 16.3 Å². The van der Waals surface area contributed by atoms with Crippen LogP contribution >= 0.6 is 23.4 Å². The highest BCUT2D eigenvalue weighted by atomic mass is 35.5. The normalized spacial score (nSPS) is 13.6. The molecule has 1 heterocycles. The average molecular weight is 479 g/mol. The first-order chi connectivity index (χ1) is 15.9. The molecule has 5 nitrogen and oxygen atoms in total. The molecule has 3 aromatic rings. The van der Waals surface area contributed by atoms with Crippen molar-refractivity contribution in [2.45, 2.75) is 25.7 Å². The van der Waals surface area contributed by atoms with Crippen LogP contribution in [0.15, 0.2) is 82.2 Å². The van der Waals surface area contributed by atoms with E-state index >= 15 is 0 Å². The van der Waals surface area contributed by atoms with Crippen molar-refractivity contribution >= 4 is 46.6 Å². The summed E-state index contributed by atoms with van der Waals surface area (Å²) in [7, 11) is 0. The summed E-state index contributed by atoms with van der Waals surface area (Å²) < 4.78 is 5.49. The molecule has 0 atom stereocenters. The van der Waals surface area contributed by atoms with Gasteiger partial charge in [0.05, 0.1) is 12.3 Å². The van der Waals surface area contributed by atoms with Crippen molar-refractivity contribution in [3.8, 4) is 5.75 Å². The minimum atomic E-state index is -0.408. The molecule has 0 radical (unpaired) electrons. The summed E-state index contributed by atoms with van der Waals surface area (Å²) in [5.74, 6) is -0.0446. The van der Waals surface area contributed by atoms with E-state index in [0.717, 1.165) is 21.8 Å². The number of benzene rings is 3. The number of amides is 2. The number of halogens is 1. The predicted molar refractivity (Wildman–Crippen MR) is 134 cm³/mol. The smallest absolute Gasteiger partial charge is 0.283 e. The van der Waals surface area contributed by atoms with E-state index in [1.165, 1.54) is 16.7 Å². The van der Waals surface area contributed by atoms with Crippen LogP contribution in [0, 0.1) is 13.8 Å². The van der Waals surface area contributed by atoms with E-state index in [1.807, 2.05) is 69.3 Å². The van der Waals surface area contributed by atoms with Crippen LogP contribution in [0.4, 0.5) is 11.4 Å². The Bertz CT molecular complexity index is 1240. The molecule has 0 aromatic heterocycles. The van der Waals surface area contributed by atoms with Crippen LogP contribution in [0.3, 0.4) is 0 Å². The molecule has 3 aromatic carbocycles. The van der Waals surface area contributed by atoms with Crippen molar-refractivity contribution in [3.05, 3.63) is 93.5 Å². The quantitative estimate of drug-likeness (QED) is 0.401. The van der Waals surface area contributed by atoms with E-state index in [9.17, 15) is 9.59 Å². The Hall–Kier alpha value is -3.22. The molecule has 1 aliphatic rings. The molecule has 33 heavy (non-hydrogen) atoms. The van der Waals surface area contributed by atoms with Crippen molar-refractivity contribution in [2.24, 2.45) is 0 Å². The Kier molecular flexibility index (Phi) is 6.77. The van der Waals surface area contributed by atoms with Gasteiger partial charge in [-0.3, -0.25) is 9.59 Å². The lowest BCUT2D eigenvalue weighted by atomic mass is 10.2. The van der Waals surface area contributed by atoms with E-state index < -0.39 is 5.91 Å². The molecular formula is C26H23ClN2O3S. The highest BCUT2D eigenvalue weighted by Gasteiger charge is 2.40. The topological polar surface area (TPSA) is 58.6 Å². The maximum atomic E-state index is 13.5. The first-order valence-corrected chi connectivity index (χ1v) is 11.7. The monoisotopic (exact) mass is 478 g/mol. The zero-order chi connectivity index (χ0) is 23.5. The summed E-state index contributed by atoms with van der Waals surface area (Å²) in [5, 5.41) is 3.71. The van der Waals surface area contributed by atoms with Crippen molar-refractivity contribution in [3.63, 3.8) is 0 Å². The van der Waals surface area contributed by atoms with Crippen LogP contribution < -0.4 is 15.0 Å². The third-order valence-electron chi connectivity index (χ3n) is 5.12. The van der Waals surface area contributed by atoms with Gasteiger partial charge in [-0.05, 0) is 80.9 Å². The molecule has 7 heteroatoms. The second-order valence-corrected chi connectivity index (χ2v) is 9.10. The predicted octanol–water partition coefficient (Wildman–Crippen LogP) is 6.34. The van der Waals surface area contributed by atoms with Crippen LogP contribution in [0.25, 0.3) is 0 Å². The van der Waals surface area contributed by atoms with Gasteiger partial charge in [0, 0.05) is 15.6 Å². The number of carbonyl (C=O) groups is 2. The number of imide groups is 1. The second-order valence-electron chi connectivity index (χ2n) is 7.58. The van der Waals surface area contributed by atoms with Crippen molar-refractivity contribution in [1.82, 2.24) is 0 Å². The van der Waals surface area contributed by atoms with Crippen molar-refractivity contribution < 1.29 is 14.3 Å². The number of hydrogen-bond donors (Lipinski definition) is 1. The van der Waals surface area contributed by atoms with E-state index in [0.29, 0.717) is 27.9 Å². The lowest BCUT2D eigenvalue weighted by molar-refractivity contribution is -0.120. The third-order valence-corrected chi connectivity index (χ3v) is 6.44. The van der Waals surface area contributed by atoms with Gasteiger partial charge in [-0.15, -0.1) is 0 Å². The maximum Gasteiger partial charge on any atom is 0.283 e. The molecule has 0 bridgehead atoms. The summed E-state index contributed by atoms with van der Waals surface area (Å²) in [4.78, 5) is 29.4. The third kappa shape index (κ3) is 4.92. The number of nitrogens with zero attached hydrogens (tertiary/aromatic N) is 1. The van der Waals surface area contributed by atoms with Gasteiger partial charge in [0.1, 0.15) is 16.4 Å². The molecule has 0 spiro atoms. The first kappa shape index (κ1) is 23.0. The number of hydrogen-bond acceptors (Lipinski definition) is 5. The summed E-state index contributed by atoms with van der Waals surface area (Å²) in [6.45, 7) is 6.31. The SMILES string of the molecule is CCOc1ccc(NC2=C(Sc3ccc(C)cc3)C(=O)N(c3ccc(Cl)cc3C)C2=O)cc1. The Morgan fingerprint density at radius 3 is 2.27 bits per heavy atom. The average Bonchev–Trinajstić information content (AvgIpc) is 3.01. The van der Waals surface area contributed by atoms with E-state index in [2.05, 4.69) is 5.32 Å². The van der Waals surface area contributed by atoms with Crippen LogP contribution in [0.5, 0.6) is 5.75 Å². The molecule has 0 fully saturated rings. The Morgan fingerprint density at radius 2 is 1.64 bits per heavy atom. The number of thioether (sulfide) groups is 1. The summed E-state index contributed by atoms with van der Waals surface area (Å²) in [5.41, 5.74) is 3.30. The van der Waals surface area contributed by atoms with Crippen LogP contribution in [0.1, 0.15) is 18.1 Å². The highest BCUT2D eigenvalue weighted by molar-refractivity contribution is 8.04. The van der Waals surface area contributed by atoms with Crippen molar-refractivity contribution in [2.75, 3.05) is 16.8 Å². The van der Waals surface area contributed by atoms with Gasteiger partial charge >= 0.3 is 0 Å². The zero-order valence-electron chi connectivity index (χ0n) is 18.5. The molecule has 0 unspecified atom stereocenters. The summed E-state index contributed by atoms with van der Waals surface area (Å²) in [6.07, 6.45) is 0. The molecule has 1 aliphatic heterocycles. The first-order valence-electron chi connectivity index (χ1n) is 10.5. The Morgan fingerprint density at radius 1 is 0.939 bits per heavy atom. The number of ether oxygens (including phenoxy) is 1. The van der Waals surface area contributed by atoms with E-state index in [-0.39, 0.29) is 11.6 Å². The molecule has 168 valence electrons. The minimum absolute atomic E-state index is 0.240. The van der Waals surface area contributed by atoms with Crippen LogP contribution in [-0.4, -0.2) is 18.4 Å². The summed E-state index contributed by atoms with van der Waals surface area (Å²) in [6, 6.07) is 20.2. The Balaban J connectivity index is 1.72. The molecule has 0 saturated heterocycles. The van der Waals surface area contributed by atoms with Gasteiger partial charge in [-0.1, -0.05) is 41.1 Å². The standard InChI is InChI=1S/C26H23ClN2O3S/c1-4-32-20-10-8-19(9-11-20)28-23-24(33-21-12-5-16(2)6-13-21)26(31)29(25(23)30)22-14-7-18(27)15-17(22)3/h5-15,28H,4H2,1-3H3. The van der Waals surface area contributed by atoms with Crippen molar-refractivity contribution in [1.29, 1.82) is 0 Å². The number of rotatable bonds is 7. The molecule has 2 amide bonds. The zero-order valence-corrected chi connectivity index (χ0v) is 20.1. The minimum Gasteiger partial charge on any atom is -0.494 e. The van der Waals surface area contributed by atoms with Gasteiger partial charge < -0.3 is 10.1 Å². The fourth-order valence-electron chi connectivity index (χ4n) is 3.47. The molecule has 4 rings (SSSR count). The van der Waals surface area contributed by atoms with Crippen LogP contribution in [-0.2, 0) is 9.59 Å². The maximum absolute atomic E-state index is 13.5. The van der Waals surface area contributed by atoms with Gasteiger partial charge in [0.15, 0.2) is 0 Å². The Labute approximate surface area is 202 Å². The fourth-order valence-corrected chi connectivity index (χ4v) is 4.63.